The quantitative estimate of drug-likeness (QED) is 0.141. The second-order valence-corrected chi connectivity index (χ2v) is 12.1. The maximum atomic E-state index is 12.7. The molecule has 2 aliphatic rings. The number of hydrogen-bond donors (Lipinski definition) is 0. The minimum absolute atomic E-state index is 0.000243. The Kier molecular flexibility index (Phi) is 9.17. The molecule has 238 valence electrons. The summed E-state index contributed by atoms with van der Waals surface area (Å²) in [7, 11) is 0. The van der Waals surface area contributed by atoms with Crippen molar-refractivity contribution in [1.82, 2.24) is 19.8 Å². The summed E-state index contributed by atoms with van der Waals surface area (Å²) in [5.74, 6) is 0.814. The summed E-state index contributed by atoms with van der Waals surface area (Å²) in [5, 5.41) is 12.7. The number of hydrogen-bond acceptors (Lipinski definition) is 8. The molecule has 4 aromatic carbocycles. The highest BCUT2D eigenvalue weighted by molar-refractivity contribution is 5.71. The highest BCUT2D eigenvalue weighted by Crippen LogP contribution is 2.37. The molecular weight excluding hydrogens is 586 g/mol. The van der Waals surface area contributed by atoms with Gasteiger partial charge in [-0.3, -0.25) is 19.9 Å². The molecule has 3 heterocycles. The SMILES string of the molecule is O=[N+]([O-])c1c(N2CCN(C(c3ccccc3)c3ccccc3)CC2)ncnc1N1CCN(C(c2ccccc2)c2ccccc2)CC1. The fourth-order valence-corrected chi connectivity index (χ4v) is 7.14. The zero-order chi connectivity index (χ0) is 32.0. The standard InChI is InChI=1S/C38H39N7O2/c46-45(47)36-37(43-25-21-41(22-26-43)34(30-13-5-1-6-14-30)31-15-7-2-8-16-31)39-29-40-38(36)44-27-23-42(24-28-44)35(32-17-9-3-10-18-32)33-19-11-4-12-20-33/h1-20,29,34-35H,21-28H2. The van der Waals surface area contributed by atoms with E-state index in [-0.39, 0.29) is 22.7 Å². The molecule has 0 spiro atoms. The molecule has 9 heteroatoms. The Labute approximate surface area is 275 Å². The fourth-order valence-electron chi connectivity index (χ4n) is 7.14. The minimum Gasteiger partial charge on any atom is -0.348 e. The molecule has 0 amide bonds. The Balaban J connectivity index is 1.09. The fraction of sp³-hybridized carbons (Fsp3) is 0.263. The lowest BCUT2D eigenvalue weighted by molar-refractivity contribution is -0.383. The van der Waals surface area contributed by atoms with E-state index in [1.165, 1.54) is 28.6 Å². The molecule has 0 radical (unpaired) electrons. The van der Waals surface area contributed by atoms with Gasteiger partial charge in [0, 0.05) is 52.4 Å². The van der Waals surface area contributed by atoms with Gasteiger partial charge in [0.2, 0.25) is 11.6 Å². The van der Waals surface area contributed by atoms with E-state index in [4.69, 9.17) is 0 Å². The number of benzene rings is 4. The van der Waals surface area contributed by atoms with Gasteiger partial charge in [0.15, 0.2) is 0 Å². The van der Waals surface area contributed by atoms with Gasteiger partial charge in [0.05, 0.1) is 17.0 Å². The van der Waals surface area contributed by atoms with Crippen LogP contribution in [-0.2, 0) is 0 Å². The molecule has 2 fully saturated rings. The first-order valence-electron chi connectivity index (χ1n) is 16.3. The Morgan fingerprint density at radius 1 is 0.489 bits per heavy atom. The van der Waals surface area contributed by atoms with Gasteiger partial charge in [-0.25, -0.2) is 9.97 Å². The van der Waals surface area contributed by atoms with Crippen LogP contribution in [0.5, 0.6) is 0 Å². The second-order valence-electron chi connectivity index (χ2n) is 12.1. The van der Waals surface area contributed by atoms with Gasteiger partial charge in [-0.05, 0) is 22.3 Å². The summed E-state index contributed by atoms with van der Waals surface area (Å²) in [5.41, 5.74) is 4.96. The molecule has 0 N–H and O–H groups in total. The van der Waals surface area contributed by atoms with Crippen molar-refractivity contribution in [1.29, 1.82) is 0 Å². The van der Waals surface area contributed by atoms with Crippen molar-refractivity contribution >= 4 is 17.3 Å². The topological polar surface area (TPSA) is 81.9 Å². The molecule has 47 heavy (non-hydrogen) atoms. The average Bonchev–Trinajstić information content (AvgIpc) is 3.14. The minimum atomic E-state index is -0.295. The number of piperazine rings is 2. The van der Waals surface area contributed by atoms with Crippen molar-refractivity contribution in [2.75, 3.05) is 62.2 Å². The van der Waals surface area contributed by atoms with Crippen LogP contribution in [0.1, 0.15) is 34.3 Å². The zero-order valence-electron chi connectivity index (χ0n) is 26.4. The van der Waals surface area contributed by atoms with Crippen LogP contribution in [-0.4, -0.2) is 77.0 Å². The van der Waals surface area contributed by atoms with Gasteiger partial charge in [0.1, 0.15) is 6.33 Å². The summed E-state index contributed by atoms with van der Waals surface area (Å²) in [6.45, 7) is 5.56. The van der Waals surface area contributed by atoms with Gasteiger partial charge in [-0.1, -0.05) is 121 Å². The number of nitro groups is 1. The molecule has 9 nitrogen and oxygen atoms in total. The Morgan fingerprint density at radius 3 is 1.06 bits per heavy atom. The summed E-state index contributed by atoms with van der Waals surface area (Å²) in [6, 6.07) is 42.4. The number of anilines is 2. The third kappa shape index (κ3) is 6.58. The van der Waals surface area contributed by atoms with Crippen molar-refractivity contribution in [3.63, 3.8) is 0 Å². The first-order chi connectivity index (χ1) is 23.2. The van der Waals surface area contributed by atoms with Crippen molar-refractivity contribution in [3.8, 4) is 0 Å². The monoisotopic (exact) mass is 625 g/mol. The van der Waals surface area contributed by atoms with Crippen LogP contribution in [0, 0.1) is 10.1 Å². The lowest BCUT2D eigenvalue weighted by Crippen LogP contribution is -2.49. The number of nitrogens with zero attached hydrogens (tertiary/aromatic N) is 7. The van der Waals surface area contributed by atoms with Crippen LogP contribution in [0.2, 0.25) is 0 Å². The second kappa shape index (κ2) is 14.1. The lowest BCUT2D eigenvalue weighted by atomic mass is 9.96. The summed E-state index contributed by atoms with van der Waals surface area (Å²) in [6.07, 6.45) is 1.49. The predicted molar refractivity (Wildman–Crippen MR) is 186 cm³/mol. The van der Waals surface area contributed by atoms with Crippen LogP contribution in [0.25, 0.3) is 0 Å². The largest absolute Gasteiger partial charge is 0.353 e. The molecule has 2 saturated heterocycles. The average molecular weight is 626 g/mol. The van der Waals surface area contributed by atoms with E-state index in [0.29, 0.717) is 37.8 Å². The molecular formula is C38H39N7O2. The highest BCUT2D eigenvalue weighted by atomic mass is 16.6. The molecule has 0 bridgehead atoms. The highest BCUT2D eigenvalue weighted by Gasteiger charge is 2.35. The molecule has 0 atom stereocenters. The number of aromatic nitrogens is 2. The van der Waals surface area contributed by atoms with Crippen LogP contribution in [0.3, 0.4) is 0 Å². The molecule has 1 aromatic heterocycles. The van der Waals surface area contributed by atoms with Crippen molar-refractivity contribution in [3.05, 3.63) is 160 Å². The smallest absolute Gasteiger partial charge is 0.348 e. The van der Waals surface area contributed by atoms with Crippen LogP contribution in [0.4, 0.5) is 17.3 Å². The molecule has 5 aromatic rings. The van der Waals surface area contributed by atoms with Crippen molar-refractivity contribution in [2.45, 2.75) is 12.1 Å². The molecule has 0 saturated carbocycles. The zero-order valence-corrected chi connectivity index (χ0v) is 26.4. The lowest BCUT2D eigenvalue weighted by Gasteiger charge is -2.41. The first kappa shape index (κ1) is 30.5. The van der Waals surface area contributed by atoms with Crippen molar-refractivity contribution < 1.29 is 4.92 Å². The van der Waals surface area contributed by atoms with E-state index in [0.717, 1.165) is 26.2 Å². The van der Waals surface area contributed by atoms with E-state index < -0.39 is 0 Å². The van der Waals surface area contributed by atoms with Gasteiger partial charge >= 0.3 is 5.69 Å². The molecule has 0 aliphatic carbocycles. The Morgan fingerprint density at radius 2 is 0.787 bits per heavy atom. The Hall–Kier alpha value is -5.12. The third-order valence-electron chi connectivity index (χ3n) is 9.39. The predicted octanol–water partition coefficient (Wildman–Crippen LogP) is 6.21. The molecule has 0 unspecified atom stereocenters. The summed E-state index contributed by atoms with van der Waals surface area (Å²) < 4.78 is 0. The van der Waals surface area contributed by atoms with Crippen LogP contribution >= 0.6 is 0 Å². The number of rotatable bonds is 9. The maximum absolute atomic E-state index is 12.7. The summed E-state index contributed by atoms with van der Waals surface area (Å²) >= 11 is 0. The maximum Gasteiger partial charge on any atom is 0.353 e. The van der Waals surface area contributed by atoms with E-state index in [1.807, 2.05) is 24.3 Å². The normalized spacial score (nSPS) is 16.1. The van der Waals surface area contributed by atoms with E-state index in [9.17, 15) is 10.1 Å². The van der Waals surface area contributed by atoms with Crippen LogP contribution < -0.4 is 9.80 Å². The van der Waals surface area contributed by atoms with E-state index >= 15 is 0 Å². The summed E-state index contributed by atoms with van der Waals surface area (Å²) in [4.78, 5) is 30.4. The van der Waals surface area contributed by atoms with Crippen molar-refractivity contribution in [2.24, 2.45) is 0 Å². The Bertz CT molecular complexity index is 1540. The van der Waals surface area contributed by atoms with Gasteiger partial charge in [-0.15, -0.1) is 0 Å². The molecule has 7 rings (SSSR count). The van der Waals surface area contributed by atoms with Gasteiger partial charge < -0.3 is 9.80 Å². The van der Waals surface area contributed by atoms with Gasteiger partial charge in [0.25, 0.3) is 0 Å². The molecule has 2 aliphatic heterocycles. The van der Waals surface area contributed by atoms with Gasteiger partial charge in [-0.2, -0.15) is 0 Å². The van der Waals surface area contributed by atoms with Crippen LogP contribution in [0.15, 0.2) is 128 Å². The van der Waals surface area contributed by atoms with E-state index in [1.54, 1.807) is 0 Å². The first-order valence-corrected chi connectivity index (χ1v) is 16.3. The van der Waals surface area contributed by atoms with E-state index in [2.05, 4.69) is 127 Å². The third-order valence-corrected chi connectivity index (χ3v) is 9.39.